The molecule has 6 nitrogen and oxygen atoms in total. The van der Waals surface area contributed by atoms with Crippen LogP contribution in [0.5, 0.6) is 17.2 Å². The van der Waals surface area contributed by atoms with Crippen molar-refractivity contribution in [3.8, 4) is 30.1 Å². The lowest BCUT2D eigenvalue weighted by molar-refractivity contribution is 0.252. The van der Waals surface area contributed by atoms with E-state index < -0.39 is 0 Å². The number of benzene rings is 3. The van der Waals surface area contributed by atoms with E-state index in [1.54, 1.807) is 19.2 Å². The van der Waals surface area contributed by atoms with Crippen molar-refractivity contribution < 1.29 is 24.1 Å². The van der Waals surface area contributed by atoms with Crippen molar-refractivity contribution in [3.63, 3.8) is 0 Å². The third kappa shape index (κ3) is 10.5. The number of rotatable bonds is 10. The summed E-state index contributed by atoms with van der Waals surface area (Å²) < 4.78 is 25.0. The number of hydrogen-bond acceptors (Lipinski definition) is 6. The minimum absolute atomic E-state index is 0.00538. The molecule has 39 heavy (non-hydrogen) atoms. The Labute approximate surface area is 232 Å². The molecule has 3 aromatic carbocycles. The van der Waals surface area contributed by atoms with Crippen LogP contribution < -0.4 is 14.4 Å². The van der Waals surface area contributed by atoms with Crippen LogP contribution in [0.25, 0.3) is 0 Å². The lowest BCUT2D eigenvalue weighted by Crippen LogP contribution is -2.26. The molecular weight excluding hydrogens is 495 g/mol. The molecule has 0 unspecified atom stereocenters. The maximum absolute atomic E-state index is 14.3. The Hall–Kier alpha value is -3.73. The fourth-order valence-corrected chi connectivity index (χ4v) is 4.27. The molecule has 0 saturated carbocycles. The Morgan fingerprint density at radius 3 is 2.33 bits per heavy atom. The van der Waals surface area contributed by atoms with Gasteiger partial charge in [0.25, 0.3) is 0 Å². The minimum atomic E-state index is -0.379. The van der Waals surface area contributed by atoms with E-state index in [2.05, 4.69) is 12.8 Å². The summed E-state index contributed by atoms with van der Waals surface area (Å²) in [5, 5.41) is 18.6. The molecule has 0 spiro atoms. The average Bonchev–Trinajstić information content (AvgIpc) is 2.95. The first-order chi connectivity index (χ1) is 18.9. The van der Waals surface area contributed by atoms with Crippen molar-refractivity contribution in [3.05, 3.63) is 83.2 Å². The molecule has 3 aromatic rings. The van der Waals surface area contributed by atoms with Gasteiger partial charge < -0.3 is 29.5 Å². The van der Waals surface area contributed by atoms with Crippen LogP contribution >= 0.6 is 0 Å². The van der Waals surface area contributed by atoms with Gasteiger partial charge in [-0.1, -0.05) is 18.2 Å². The van der Waals surface area contributed by atoms with Crippen molar-refractivity contribution in [2.24, 2.45) is 0 Å². The number of fused-ring (bicyclic) bond motifs is 1. The molecule has 0 amide bonds. The van der Waals surface area contributed by atoms with Crippen LogP contribution in [0.4, 0.5) is 10.1 Å². The summed E-state index contributed by atoms with van der Waals surface area (Å²) in [5.74, 6) is 1.02. The summed E-state index contributed by atoms with van der Waals surface area (Å²) in [6.45, 7) is 2.08. The smallest absolute Gasteiger partial charge is 0.165 e. The highest BCUT2D eigenvalue weighted by atomic mass is 19.1. The molecule has 0 aromatic heterocycles. The number of hydrogen-bond donors (Lipinski definition) is 2. The van der Waals surface area contributed by atoms with Gasteiger partial charge in [-0.3, -0.25) is 0 Å². The first kappa shape index (κ1) is 31.5. The second-order valence-electron chi connectivity index (χ2n) is 9.42. The molecule has 0 saturated heterocycles. The molecule has 7 heteroatoms. The van der Waals surface area contributed by atoms with Crippen LogP contribution in [-0.2, 0) is 19.4 Å². The number of nitrogens with zero attached hydrogens (tertiary/aromatic N) is 2. The molecule has 2 N–H and O–H groups in total. The van der Waals surface area contributed by atoms with Crippen molar-refractivity contribution in [1.82, 2.24) is 4.90 Å². The number of aromatic hydroxyl groups is 1. The van der Waals surface area contributed by atoms with Gasteiger partial charge in [0.2, 0.25) is 0 Å². The Bertz CT molecular complexity index is 1170. The quantitative estimate of drug-likeness (QED) is 0.343. The monoisotopic (exact) mass is 536 g/mol. The summed E-state index contributed by atoms with van der Waals surface area (Å²) >= 11 is 0. The third-order valence-electron chi connectivity index (χ3n) is 6.29. The van der Waals surface area contributed by atoms with Crippen LogP contribution in [-0.4, -0.2) is 62.6 Å². The summed E-state index contributed by atoms with van der Waals surface area (Å²) in [6.07, 6.45) is 12.9. The number of likely N-dealkylation sites (N-methyl/N-ethyl adjacent to an activating group) is 1. The van der Waals surface area contributed by atoms with E-state index in [-0.39, 0.29) is 18.2 Å². The zero-order valence-corrected chi connectivity index (χ0v) is 23.3. The van der Waals surface area contributed by atoms with Crippen LogP contribution in [0.3, 0.4) is 0 Å². The SMILES string of the molecule is C#C.COc1cccc(N(CCO)Cc2ccc(OCCN(C)C)c(F)c2)c1.Oc1ccc2c(c1)CCCC2. The fourth-order valence-electron chi connectivity index (χ4n) is 4.27. The molecule has 0 bridgehead atoms. The van der Waals surface area contributed by atoms with Gasteiger partial charge in [0.05, 0.1) is 13.7 Å². The van der Waals surface area contributed by atoms with Crippen LogP contribution in [0, 0.1) is 18.7 Å². The maximum atomic E-state index is 14.3. The number of aliphatic hydroxyl groups is 1. The van der Waals surface area contributed by atoms with Crippen LogP contribution in [0.15, 0.2) is 60.7 Å². The Morgan fingerprint density at radius 1 is 0.923 bits per heavy atom. The van der Waals surface area contributed by atoms with E-state index >= 15 is 0 Å². The molecule has 0 heterocycles. The fraction of sp³-hybridized carbons (Fsp3) is 0.375. The zero-order chi connectivity index (χ0) is 28.6. The molecule has 210 valence electrons. The maximum Gasteiger partial charge on any atom is 0.165 e. The van der Waals surface area contributed by atoms with Crippen molar-refractivity contribution in [2.45, 2.75) is 32.2 Å². The number of aliphatic hydroxyl groups excluding tert-OH is 1. The molecule has 1 aliphatic carbocycles. The van der Waals surface area contributed by atoms with Crippen molar-refractivity contribution >= 4 is 5.69 Å². The van der Waals surface area contributed by atoms with E-state index in [0.29, 0.717) is 25.4 Å². The zero-order valence-electron chi connectivity index (χ0n) is 23.3. The number of anilines is 1. The van der Waals surface area contributed by atoms with E-state index in [1.165, 1.54) is 36.5 Å². The summed E-state index contributed by atoms with van der Waals surface area (Å²) in [4.78, 5) is 3.96. The summed E-state index contributed by atoms with van der Waals surface area (Å²) in [7, 11) is 5.49. The molecule has 0 aliphatic heterocycles. The number of terminal acetylenes is 1. The van der Waals surface area contributed by atoms with Gasteiger partial charge in [-0.2, -0.15) is 0 Å². The lowest BCUT2D eigenvalue weighted by Gasteiger charge is -2.24. The first-order valence-corrected chi connectivity index (χ1v) is 13.1. The summed E-state index contributed by atoms with van der Waals surface area (Å²) in [6, 6.07) is 18.3. The highest BCUT2D eigenvalue weighted by molar-refractivity contribution is 5.51. The Morgan fingerprint density at radius 2 is 1.67 bits per heavy atom. The first-order valence-electron chi connectivity index (χ1n) is 13.1. The highest BCUT2D eigenvalue weighted by Crippen LogP contribution is 2.25. The lowest BCUT2D eigenvalue weighted by atomic mass is 9.92. The topological polar surface area (TPSA) is 65.4 Å². The number of aryl methyl sites for hydroxylation is 2. The Balaban J connectivity index is 0.000000338. The molecule has 4 rings (SSSR count). The average molecular weight is 537 g/mol. The van der Waals surface area contributed by atoms with E-state index in [1.807, 2.05) is 66.4 Å². The largest absolute Gasteiger partial charge is 0.508 e. The number of ether oxygens (including phenoxy) is 2. The normalized spacial score (nSPS) is 11.8. The number of halogens is 1. The second kappa shape index (κ2) is 17.0. The van der Waals surface area contributed by atoms with Gasteiger partial charge in [-0.05, 0) is 92.9 Å². The van der Waals surface area contributed by atoms with Crippen molar-refractivity contribution in [1.29, 1.82) is 0 Å². The van der Waals surface area contributed by atoms with E-state index in [4.69, 9.17) is 9.47 Å². The molecular formula is C32H41FN2O4. The highest BCUT2D eigenvalue weighted by Gasteiger charge is 2.11. The minimum Gasteiger partial charge on any atom is -0.508 e. The van der Waals surface area contributed by atoms with Gasteiger partial charge in [0.15, 0.2) is 11.6 Å². The standard InChI is InChI=1S/C20H27FN2O3.C10H12O.C2H2/c1-22(2)10-12-26-20-8-7-16(13-19(20)21)15-23(9-11-24)17-5-4-6-18(14-17)25-3;11-10-6-5-8-3-1-2-4-9(8)7-10;1-2/h4-8,13-14,24H,9-12,15H2,1-3H3;5-7,11H,1-4H2;1-2H. The Kier molecular flexibility index (Phi) is 13.7. The number of methoxy groups -OCH3 is 1. The van der Waals surface area contributed by atoms with E-state index in [0.717, 1.165) is 30.0 Å². The van der Waals surface area contributed by atoms with Crippen LogP contribution in [0.2, 0.25) is 0 Å². The number of phenolic OH excluding ortho intramolecular Hbond substituents is 1. The van der Waals surface area contributed by atoms with Crippen LogP contribution in [0.1, 0.15) is 29.5 Å². The number of phenols is 1. The van der Waals surface area contributed by atoms with Gasteiger partial charge in [0, 0.05) is 31.4 Å². The molecule has 0 atom stereocenters. The van der Waals surface area contributed by atoms with E-state index in [9.17, 15) is 14.6 Å². The molecule has 1 aliphatic rings. The second-order valence-corrected chi connectivity index (χ2v) is 9.42. The van der Waals surface area contributed by atoms with Gasteiger partial charge >= 0.3 is 0 Å². The predicted molar refractivity (Wildman–Crippen MR) is 156 cm³/mol. The predicted octanol–water partition coefficient (Wildman–Crippen LogP) is 5.29. The van der Waals surface area contributed by atoms with Crippen molar-refractivity contribution in [2.75, 3.05) is 52.4 Å². The van der Waals surface area contributed by atoms with Gasteiger partial charge in [0.1, 0.15) is 18.1 Å². The summed E-state index contributed by atoms with van der Waals surface area (Å²) in [5.41, 5.74) is 4.48. The van der Waals surface area contributed by atoms with Gasteiger partial charge in [-0.15, -0.1) is 12.8 Å². The van der Waals surface area contributed by atoms with Gasteiger partial charge in [-0.25, -0.2) is 4.39 Å². The third-order valence-corrected chi connectivity index (χ3v) is 6.29. The molecule has 0 radical (unpaired) electrons. The molecule has 0 fully saturated rings.